The fourth-order valence-electron chi connectivity index (χ4n) is 2.49. The molecule has 1 unspecified atom stereocenters. The molecule has 7 nitrogen and oxygen atoms in total. The van der Waals surface area contributed by atoms with Crippen molar-refractivity contribution >= 4 is 45.8 Å². The van der Waals surface area contributed by atoms with Crippen molar-refractivity contribution < 1.29 is 18.5 Å². The van der Waals surface area contributed by atoms with Crippen molar-refractivity contribution in [3.63, 3.8) is 0 Å². The molecule has 9 heteroatoms. The number of amidine groups is 1. The molecule has 0 bridgehead atoms. The Kier molecular flexibility index (Phi) is 6.73. The van der Waals surface area contributed by atoms with Gasteiger partial charge < -0.3 is 4.74 Å². The zero-order valence-electron chi connectivity index (χ0n) is 15.6. The smallest absolute Gasteiger partial charge is 0.331 e. The van der Waals surface area contributed by atoms with Gasteiger partial charge in [0.2, 0.25) is 0 Å². The van der Waals surface area contributed by atoms with E-state index in [4.69, 9.17) is 0 Å². The number of carbonyl (C=O) groups is 2. The van der Waals surface area contributed by atoms with Gasteiger partial charge >= 0.3 is 5.97 Å². The summed E-state index contributed by atoms with van der Waals surface area (Å²) < 4.78 is 16.4. The van der Waals surface area contributed by atoms with Crippen LogP contribution in [0.15, 0.2) is 74.6 Å². The first-order valence-electron chi connectivity index (χ1n) is 8.40. The van der Waals surface area contributed by atoms with Crippen molar-refractivity contribution in [3.8, 4) is 11.1 Å². The summed E-state index contributed by atoms with van der Waals surface area (Å²) in [5, 5.41) is 10.7. The molecular weight excluding hydrogens is 410 g/mol. The van der Waals surface area contributed by atoms with Gasteiger partial charge in [0.25, 0.3) is 5.91 Å². The highest BCUT2D eigenvalue weighted by Crippen LogP contribution is 2.26. The molecule has 1 fully saturated rings. The second-order valence-corrected chi connectivity index (χ2v) is 8.19. The number of esters is 1. The summed E-state index contributed by atoms with van der Waals surface area (Å²) in [4.78, 5) is 24.0. The van der Waals surface area contributed by atoms with Gasteiger partial charge in [0.05, 0.1) is 29.0 Å². The average molecular weight is 428 g/mol. The number of thioether (sulfide) groups is 1. The maximum atomic E-state index is 11.9. The van der Waals surface area contributed by atoms with Crippen LogP contribution in [-0.2, 0) is 25.1 Å². The molecule has 148 valence electrons. The molecule has 0 aromatic heterocycles. The topological polar surface area (TPSA) is 97.2 Å². The van der Waals surface area contributed by atoms with Crippen LogP contribution >= 0.6 is 11.8 Å². The lowest BCUT2D eigenvalue weighted by Crippen LogP contribution is -2.19. The molecule has 1 atom stereocenters. The van der Waals surface area contributed by atoms with E-state index in [1.807, 2.05) is 48.5 Å². The molecule has 1 aliphatic rings. The van der Waals surface area contributed by atoms with Crippen molar-refractivity contribution in [3.05, 3.63) is 65.1 Å². The van der Waals surface area contributed by atoms with Gasteiger partial charge in [-0.05, 0) is 34.5 Å². The Balaban J connectivity index is 1.71. The van der Waals surface area contributed by atoms with Crippen LogP contribution in [-0.4, -0.2) is 40.8 Å². The number of nitrogens with zero attached hydrogens (tertiary/aromatic N) is 2. The summed E-state index contributed by atoms with van der Waals surface area (Å²) in [6.45, 7) is 0. The van der Waals surface area contributed by atoms with Crippen molar-refractivity contribution in [2.45, 2.75) is 4.90 Å². The van der Waals surface area contributed by atoms with Gasteiger partial charge in [-0.1, -0.05) is 42.5 Å². The molecule has 3 rings (SSSR count). The molecule has 1 amide bonds. The van der Waals surface area contributed by atoms with E-state index in [1.54, 1.807) is 12.5 Å². The average Bonchev–Trinajstić information content (AvgIpc) is 3.07. The Labute approximate surface area is 174 Å². The first-order chi connectivity index (χ1) is 14.0. The first-order valence-corrected chi connectivity index (χ1v) is 10.8. The summed E-state index contributed by atoms with van der Waals surface area (Å²) in [6, 6.07) is 15.2. The third kappa shape index (κ3) is 5.27. The zero-order chi connectivity index (χ0) is 20.8. The molecule has 2 aromatic rings. The van der Waals surface area contributed by atoms with Crippen molar-refractivity contribution in [2.75, 3.05) is 13.4 Å². The molecule has 0 spiro atoms. The van der Waals surface area contributed by atoms with Crippen LogP contribution in [0.5, 0.6) is 0 Å². The van der Waals surface area contributed by atoms with Crippen molar-refractivity contribution in [1.82, 2.24) is 5.32 Å². The van der Waals surface area contributed by atoms with Crippen molar-refractivity contribution in [2.24, 2.45) is 10.2 Å². The Morgan fingerprint density at radius 1 is 1.17 bits per heavy atom. The Hall–Kier alpha value is -3.04. The standard InChI is InChI=1S/C20H17N3O4S2/c1-27-18(24)11-16-19(25)22-20(28-16)23-21-12-13-7-9-14(10-8-13)15-5-3-4-6-17(15)29(2)26/h3-12H,1-2H3,(H,22,23,25)/b16-11+,21-12?. The van der Waals surface area contributed by atoms with E-state index in [0.29, 0.717) is 0 Å². The predicted octanol–water partition coefficient (Wildman–Crippen LogP) is 2.70. The number of carbonyl (C=O) groups excluding carboxylic acids is 2. The number of hydrogen-bond donors (Lipinski definition) is 1. The van der Waals surface area contributed by atoms with E-state index in [1.165, 1.54) is 7.11 Å². The molecule has 1 heterocycles. The Morgan fingerprint density at radius 3 is 2.59 bits per heavy atom. The summed E-state index contributed by atoms with van der Waals surface area (Å²) in [5.74, 6) is -1.04. The van der Waals surface area contributed by atoms with Gasteiger partial charge in [0.15, 0.2) is 5.17 Å². The Bertz CT molecular complexity index is 1060. The second kappa shape index (κ2) is 9.44. The minimum Gasteiger partial charge on any atom is -0.466 e. The summed E-state index contributed by atoms with van der Waals surface area (Å²) in [7, 11) is 0.160. The number of benzene rings is 2. The maximum Gasteiger partial charge on any atom is 0.331 e. The van der Waals surface area contributed by atoms with Gasteiger partial charge in [-0.3, -0.25) is 14.3 Å². The highest BCUT2D eigenvalue weighted by Gasteiger charge is 2.24. The maximum absolute atomic E-state index is 11.9. The largest absolute Gasteiger partial charge is 0.466 e. The lowest BCUT2D eigenvalue weighted by Gasteiger charge is -2.07. The van der Waals surface area contributed by atoms with E-state index >= 15 is 0 Å². The van der Waals surface area contributed by atoms with Crippen LogP contribution < -0.4 is 5.32 Å². The van der Waals surface area contributed by atoms with Gasteiger partial charge in [-0.15, -0.1) is 5.10 Å². The van der Waals surface area contributed by atoms with Gasteiger partial charge in [0.1, 0.15) is 0 Å². The van der Waals surface area contributed by atoms with E-state index in [0.717, 1.165) is 39.4 Å². The zero-order valence-corrected chi connectivity index (χ0v) is 17.3. The van der Waals surface area contributed by atoms with Gasteiger partial charge in [-0.2, -0.15) is 5.10 Å². The minimum atomic E-state index is -1.08. The van der Waals surface area contributed by atoms with Crippen LogP contribution in [0.25, 0.3) is 11.1 Å². The molecule has 1 aliphatic heterocycles. The molecule has 1 saturated heterocycles. The lowest BCUT2D eigenvalue weighted by atomic mass is 10.0. The Morgan fingerprint density at radius 2 is 1.90 bits per heavy atom. The highest BCUT2D eigenvalue weighted by atomic mass is 32.2. The quantitative estimate of drug-likeness (QED) is 0.342. The molecule has 0 saturated carbocycles. The normalized spacial score (nSPS) is 17.7. The van der Waals surface area contributed by atoms with Crippen LogP contribution in [0.2, 0.25) is 0 Å². The number of ether oxygens (including phenoxy) is 1. The second-order valence-electron chi connectivity index (χ2n) is 5.81. The van der Waals surface area contributed by atoms with Crippen LogP contribution in [0, 0.1) is 0 Å². The van der Waals surface area contributed by atoms with Gasteiger partial charge in [0, 0.05) is 17.2 Å². The number of rotatable bonds is 5. The third-order valence-electron chi connectivity index (χ3n) is 3.87. The molecule has 1 N–H and O–H groups in total. The first kappa shape index (κ1) is 20.7. The summed E-state index contributed by atoms with van der Waals surface area (Å²) in [6.07, 6.45) is 4.31. The monoisotopic (exact) mass is 427 g/mol. The molecule has 0 aliphatic carbocycles. The van der Waals surface area contributed by atoms with E-state index in [2.05, 4.69) is 20.3 Å². The van der Waals surface area contributed by atoms with E-state index < -0.39 is 22.7 Å². The lowest BCUT2D eigenvalue weighted by molar-refractivity contribution is -0.135. The van der Waals surface area contributed by atoms with Gasteiger partial charge in [-0.25, -0.2) is 4.79 Å². The predicted molar refractivity (Wildman–Crippen MR) is 115 cm³/mol. The molecule has 2 aromatic carbocycles. The highest BCUT2D eigenvalue weighted by molar-refractivity contribution is 8.18. The summed E-state index contributed by atoms with van der Waals surface area (Å²) >= 11 is 1.01. The number of hydrogen-bond acceptors (Lipinski definition) is 7. The molecule has 29 heavy (non-hydrogen) atoms. The molecular formula is C20H17N3O4S2. The van der Waals surface area contributed by atoms with Crippen LogP contribution in [0.3, 0.4) is 0 Å². The fourth-order valence-corrected chi connectivity index (χ4v) is 4.00. The fraction of sp³-hybridized carbons (Fsp3) is 0.100. The third-order valence-corrected chi connectivity index (χ3v) is 5.75. The number of nitrogens with one attached hydrogen (secondary N) is 1. The van der Waals surface area contributed by atoms with Crippen LogP contribution in [0.4, 0.5) is 0 Å². The van der Waals surface area contributed by atoms with Crippen molar-refractivity contribution in [1.29, 1.82) is 0 Å². The molecule has 0 radical (unpaired) electrons. The number of amides is 1. The summed E-state index contributed by atoms with van der Waals surface area (Å²) in [5.41, 5.74) is 2.69. The van der Waals surface area contributed by atoms with E-state index in [-0.39, 0.29) is 10.1 Å². The number of methoxy groups -OCH3 is 1. The van der Waals surface area contributed by atoms with E-state index in [9.17, 15) is 13.8 Å². The van der Waals surface area contributed by atoms with Crippen LogP contribution in [0.1, 0.15) is 5.56 Å². The minimum absolute atomic E-state index is 0.196. The SMILES string of the molecule is COC(=O)/C=C1/S/C(=N\N=Cc2ccc(-c3ccccc3S(C)=O)cc2)NC1=O.